The van der Waals surface area contributed by atoms with Gasteiger partial charge in [0.05, 0.1) is 35.2 Å². The highest BCUT2D eigenvalue weighted by Crippen LogP contribution is 2.78. The van der Waals surface area contributed by atoms with Gasteiger partial charge in [0.25, 0.3) is 0 Å². The van der Waals surface area contributed by atoms with E-state index < -0.39 is 10.8 Å². The van der Waals surface area contributed by atoms with Crippen molar-refractivity contribution < 1.29 is 28.2 Å². The fourth-order valence-corrected chi connectivity index (χ4v) is 17.3. The summed E-state index contributed by atoms with van der Waals surface area (Å²) in [5.74, 6) is 1.83. The molecule has 6 saturated carbocycles. The summed E-state index contributed by atoms with van der Waals surface area (Å²) in [7, 11) is 0. The molecule has 7 aliphatic rings. The van der Waals surface area contributed by atoms with E-state index in [1.54, 1.807) is 12.1 Å². The van der Waals surface area contributed by atoms with E-state index in [-0.39, 0.29) is 75.9 Å². The third kappa shape index (κ3) is 7.05. The van der Waals surface area contributed by atoms with Crippen LogP contribution in [0.4, 0.5) is 4.39 Å². The number of imidazole rings is 1. The number of carbonyl (C=O) groups excluding carboxylic acids is 3. The van der Waals surface area contributed by atoms with Crippen LogP contribution in [-0.2, 0) is 30.5 Å². The monoisotopic (exact) mass is 914 g/mol. The van der Waals surface area contributed by atoms with Gasteiger partial charge in [0, 0.05) is 12.0 Å². The largest absolute Gasteiger partial charge is 0.462 e. The van der Waals surface area contributed by atoms with Crippen LogP contribution < -0.4 is 0 Å². The van der Waals surface area contributed by atoms with Gasteiger partial charge in [-0.25, -0.2) is 9.37 Å². The van der Waals surface area contributed by atoms with Crippen molar-refractivity contribution in [1.82, 2.24) is 14.9 Å². The molecule has 1 aliphatic heterocycles. The minimum absolute atomic E-state index is 0.0773. The number of nitrogens with one attached hydrogen (secondary N) is 1. The van der Waals surface area contributed by atoms with Crippen LogP contribution in [-0.4, -0.2) is 45.4 Å². The topological polar surface area (TPSA) is 102 Å². The van der Waals surface area contributed by atoms with E-state index in [1.165, 1.54) is 17.7 Å². The van der Waals surface area contributed by atoms with Gasteiger partial charge in [-0.05, 0) is 177 Å². The number of H-pyrrole nitrogens is 1. The zero-order valence-electron chi connectivity index (χ0n) is 41.6. The van der Waals surface area contributed by atoms with Crippen molar-refractivity contribution in [2.75, 3.05) is 6.54 Å². The molecule has 2 heterocycles. The molecule has 1 aromatic heterocycles. The average Bonchev–Trinajstić information content (AvgIpc) is 4.07. The zero-order valence-corrected chi connectivity index (χ0v) is 41.6. The lowest BCUT2D eigenvalue weighted by atomic mass is 9.32. The summed E-state index contributed by atoms with van der Waals surface area (Å²) in [6.45, 7) is 24.5. The number of amides is 1. The smallest absolute Gasteiger partial charge is 0.309 e. The molecule has 360 valence electrons. The standard InChI is InChI=1S/C58H76FN3O5/c1-35(2)39-23-28-58(52(65)62-31-13-16-44(62)49-60-33-43(61-49)37-17-19-38(59)20-18-37)30-29-56(8)40(48(39)58)21-22-46-55(7)26-25-47(54(5,6)45(55)24-27-57(46,56)9)67-51(64)42-32-41(53(42,3)4)50(63)66-34-36-14-11-10-12-15-36/h10-12,14-15,17-20,33,39-42,44-48H,1,13,16,21-32,34H2,2-9H3,(H,60,61)/t39-,40+,41-,42+,44-,45-,46+,47-,48+,55-,56+,57+,58-/m0/s1. The molecule has 8 nitrogen and oxygen atoms in total. The van der Waals surface area contributed by atoms with Crippen molar-refractivity contribution in [2.24, 2.45) is 73.9 Å². The lowest BCUT2D eigenvalue weighted by Crippen LogP contribution is -2.67. The summed E-state index contributed by atoms with van der Waals surface area (Å²) in [5, 5.41) is 0. The summed E-state index contributed by atoms with van der Waals surface area (Å²) < 4.78 is 26.1. The molecule has 0 spiro atoms. The maximum absolute atomic E-state index is 15.6. The molecule has 67 heavy (non-hydrogen) atoms. The van der Waals surface area contributed by atoms with Gasteiger partial charge in [-0.1, -0.05) is 91.0 Å². The first-order valence-electron chi connectivity index (χ1n) is 25.9. The van der Waals surface area contributed by atoms with Gasteiger partial charge in [-0.3, -0.25) is 14.4 Å². The molecule has 1 N–H and O–H groups in total. The number of benzene rings is 2. The number of fused-ring (bicyclic) bond motifs is 7. The summed E-state index contributed by atoms with van der Waals surface area (Å²) in [5.41, 5.74) is 3.07. The molecule has 0 unspecified atom stereocenters. The lowest BCUT2D eigenvalue weighted by molar-refractivity contribution is -0.251. The van der Waals surface area contributed by atoms with Gasteiger partial charge in [0.2, 0.25) is 5.91 Å². The first kappa shape index (κ1) is 46.5. The predicted molar refractivity (Wildman–Crippen MR) is 258 cm³/mol. The fraction of sp³-hybridized carbons (Fsp3) is 0.655. The minimum atomic E-state index is -0.532. The molecule has 0 radical (unpaired) electrons. The summed E-state index contributed by atoms with van der Waals surface area (Å²) in [4.78, 5) is 53.5. The molecule has 0 bridgehead atoms. The van der Waals surface area contributed by atoms with Crippen LogP contribution in [0.1, 0.15) is 156 Å². The Balaban J connectivity index is 0.848. The van der Waals surface area contributed by atoms with Gasteiger partial charge in [0.15, 0.2) is 0 Å². The van der Waals surface area contributed by atoms with E-state index in [1.807, 2.05) is 50.4 Å². The number of carbonyl (C=O) groups is 3. The van der Waals surface area contributed by atoms with Crippen molar-refractivity contribution in [2.45, 2.75) is 158 Å². The highest BCUT2D eigenvalue weighted by Gasteiger charge is 2.72. The van der Waals surface area contributed by atoms with Crippen LogP contribution >= 0.6 is 0 Å². The second-order valence-electron chi connectivity index (χ2n) is 24.7. The Hall–Kier alpha value is -4.27. The van der Waals surface area contributed by atoms with E-state index in [0.717, 1.165) is 106 Å². The van der Waals surface area contributed by atoms with Crippen LogP contribution in [0.15, 0.2) is 72.9 Å². The maximum atomic E-state index is 15.6. The van der Waals surface area contributed by atoms with Crippen molar-refractivity contribution in [3.63, 3.8) is 0 Å². The van der Waals surface area contributed by atoms with Crippen molar-refractivity contribution in [1.29, 1.82) is 0 Å². The zero-order chi connectivity index (χ0) is 47.5. The van der Waals surface area contributed by atoms with Crippen molar-refractivity contribution >= 4 is 17.8 Å². The molecule has 1 saturated heterocycles. The molecule has 13 atom stereocenters. The van der Waals surface area contributed by atoms with Crippen LogP contribution in [0, 0.1) is 79.7 Å². The number of likely N-dealkylation sites (tertiary alicyclic amines) is 1. The Labute approximate surface area is 399 Å². The van der Waals surface area contributed by atoms with Crippen LogP contribution in [0.25, 0.3) is 11.3 Å². The van der Waals surface area contributed by atoms with E-state index in [2.05, 4.69) is 58.0 Å². The van der Waals surface area contributed by atoms with E-state index in [9.17, 15) is 14.0 Å². The molecule has 7 fully saturated rings. The molecule has 3 aromatic rings. The number of rotatable bonds is 9. The first-order chi connectivity index (χ1) is 31.8. The molecule has 6 aliphatic carbocycles. The average molecular weight is 914 g/mol. The van der Waals surface area contributed by atoms with Crippen molar-refractivity contribution in [3.8, 4) is 11.3 Å². The predicted octanol–water partition coefficient (Wildman–Crippen LogP) is 12.9. The number of esters is 2. The first-order valence-corrected chi connectivity index (χ1v) is 25.9. The summed E-state index contributed by atoms with van der Waals surface area (Å²) >= 11 is 0. The Morgan fingerprint density at radius 3 is 2.24 bits per heavy atom. The van der Waals surface area contributed by atoms with E-state index in [4.69, 9.17) is 14.5 Å². The summed E-state index contributed by atoms with van der Waals surface area (Å²) in [6, 6.07) is 16.1. The normalized spacial score (nSPS) is 39.2. The number of hydrogen-bond acceptors (Lipinski definition) is 6. The molecular formula is C58H76FN3O5. The number of halogens is 1. The number of ether oxygens (including phenoxy) is 2. The Bertz CT molecular complexity index is 2410. The SMILES string of the molecule is C=C(C)[C@@H]1CC[C@]2(C(=O)N3CCC[C@H]3c3ncc(-c4ccc(F)cc4)[nH]3)CC[C@]3(C)[C@H](CC[C@@H]4[C@@]5(C)CC[C@H](OC(=O)[C@H]6C[C@@H](C(=O)OCc7ccccc7)C6(C)C)C(C)(C)[C@@H]5CC[C@]43C)[C@@H]12. The van der Waals surface area contributed by atoms with Crippen LogP contribution in [0.2, 0.25) is 0 Å². The van der Waals surface area contributed by atoms with Gasteiger partial charge >= 0.3 is 11.9 Å². The second-order valence-corrected chi connectivity index (χ2v) is 24.7. The number of aromatic amines is 1. The minimum Gasteiger partial charge on any atom is -0.462 e. The lowest BCUT2D eigenvalue weighted by Gasteiger charge is -2.73. The quantitative estimate of drug-likeness (QED) is 0.169. The van der Waals surface area contributed by atoms with Crippen molar-refractivity contribution in [3.05, 3.63) is 90.2 Å². The van der Waals surface area contributed by atoms with Crippen LogP contribution in [0.5, 0.6) is 0 Å². The van der Waals surface area contributed by atoms with E-state index >= 15 is 4.79 Å². The van der Waals surface area contributed by atoms with E-state index in [0.29, 0.717) is 36.0 Å². The Morgan fingerprint density at radius 2 is 1.52 bits per heavy atom. The summed E-state index contributed by atoms with van der Waals surface area (Å²) in [6.07, 6.45) is 14.3. The highest BCUT2D eigenvalue weighted by molar-refractivity contribution is 5.85. The fourth-order valence-electron chi connectivity index (χ4n) is 17.3. The van der Waals surface area contributed by atoms with Gasteiger partial charge in [0.1, 0.15) is 24.4 Å². The second kappa shape index (κ2) is 16.4. The number of aromatic nitrogens is 2. The Kier molecular flexibility index (Phi) is 11.4. The maximum Gasteiger partial charge on any atom is 0.309 e. The third-order valence-corrected chi connectivity index (χ3v) is 21.3. The van der Waals surface area contributed by atoms with Gasteiger partial charge in [-0.2, -0.15) is 0 Å². The third-order valence-electron chi connectivity index (χ3n) is 21.3. The molecule has 2 aromatic carbocycles. The highest BCUT2D eigenvalue weighted by atomic mass is 19.1. The van der Waals surface area contributed by atoms with Crippen LogP contribution in [0.3, 0.4) is 0 Å². The van der Waals surface area contributed by atoms with Gasteiger partial charge < -0.3 is 19.4 Å². The number of hydrogen-bond donors (Lipinski definition) is 1. The molecule has 1 amide bonds. The number of allylic oxidation sites excluding steroid dienone is 1. The molecule has 10 rings (SSSR count). The molecule has 9 heteroatoms. The number of nitrogens with zero attached hydrogens (tertiary/aromatic N) is 2. The molecular weight excluding hydrogens is 838 g/mol. The van der Waals surface area contributed by atoms with Gasteiger partial charge in [-0.15, -0.1) is 0 Å². The Morgan fingerprint density at radius 1 is 0.791 bits per heavy atom.